The summed E-state index contributed by atoms with van der Waals surface area (Å²) >= 11 is 0. The number of nitrogens with zero attached hydrogens (tertiary/aromatic N) is 4. The fourth-order valence-corrected chi connectivity index (χ4v) is 3.02. The molecule has 11 nitrogen and oxygen atoms in total. The molecule has 1 aliphatic rings. The summed E-state index contributed by atoms with van der Waals surface area (Å²) in [7, 11) is 1.80. The molecule has 176 valence electrons. The predicted octanol–water partition coefficient (Wildman–Crippen LogP) is 1.23. The van der Waals surface area contributed by atoms with E-state index in [9.17, 15) is 22.8 Å². The van der Waals surface area contributed by atoms with Gasteiger partial charge in [0.05, 0.1) is 18.3 Å². The minimum Gasteiger partial charge on any atom is -0.480 e. The maximum atomic E-state index is 12.6. The van der Waals surface area contributed by atoms with Gasteiger partial charge in [-0.05, 0) is 18.8 Å². The number of halogens is 3. The van der Waals surface area contributed by atoms with E-state index in [1.807, 2.05) is 0 Å². The molecule has 0 aromatic carbocycles. The van der Waals surface area contributed by atoms with Crippen molar-refractivity contribution in [2.75, 3.05) is 26.2 Å². The second-order valence-corrected chi connectivity index (χ2v) is 7.07. The van der Waals surface area contributed by atoms with E-state index < -0.39 is 18.1 Å². The summed E-state index contributed by atoms with van der Waals surface area (Å²) in [6.07, 6.45) is 0.217. The smallest absolute Gasteiger partial charge is 0.480 e. The number of piperidine rings is 1. The van der Waals surface area contributed by atoms with Crippen LogP contribution in [0.2, 0.25) is 0 Å². The number of likely N-dealkylation sites (tertiary alicyclic amines) is 1. The average molecular weight is 461 g/mol. The zero-order chi connectivity index (χ0) is 23.9. The van der Waals surface area contributed by atoms with Crippen molar-refractivity contribution in [3.05, 3.63) is 24.2 Å². The number of carboxylic acid groups (broad SMARTS) is 2. The molecule has 1 fully saturated rings. The minimum atomic E-state index is -5.08. The first-order valence-electron chi connectivity index (χ1n) is 9.45. The Kier molecular flexibility index (Phi) is 8.34. The largest absolute Gasteiger partial charge is 0.490 e. The number of nitrogens with one attached hydrogen (secondary N) is 1. The number of carbonyl (C=O) groups is 3. The fraction of sp³-hybridized carbons (Fsp3) is 0.500. The highest BCUT2D eigenvalue weighted by Crippen LogP contribution is 2.22. The average Bonchev–Trinajstić information content (AvgIpc) is 3.36. The second-order valence-electron chi connectivity index (χ2n) is 7.07. The summed E-state index contributed by atoms with van der Waals surface area (Å²) in [4.78, 5) is 33.9. The quantitative estimate of drug-likeness (QED) is 0.577. The van der Waals surface area contributed by atoms with Crippen LogP contribution in [0.5, 0.6) is 0 Å². The molecule has 3 N–H and O–H groups in total. The summed E-state index contributed by atoms with van der Waals surface area (Å²) in [6, 6.07) is 1.63. The van der Waals surface area contributed by atoms with Gasteiger partial charge in [-0.3, -0.25) is 14.3 Å². The van der Waals surface area contributed by atoms with Gasteiger partial charge in [0.1, 0.15) is 0 Å². The number of hydrogen-bond donors (Lipinski definition) is 3. The Morgan fingerprint density at radius 1 is 1.31 bits per heavy atom. The Morgan fingerprint density at radius 3 is 2.56 bits per heavy atom. The molecule has 32 heavy (non-hydrogen) atoms. The van der Waals surface area contributed by atoms with E-state index in [0.717, 1.165) is 18.4 Å². The maximum absolute atomic E-state index is 12.6. The van der Waals surface area contributed by atoms with Crippen LogP contribution in [0.15, 0.2) is 23.0 Å². The standard InChI is InChI=1S/C16H21N5O4.C2HF3O2/c1-20-10-12(7-18-20)14-5-13(19-25-14)16(24)21-4-2-3-11(9-21)6-17-8-15(22)23;3-2(4,5)1(6)7/h5,7,10-11,17H,2-4,6,8-9H2,1H3,(H,22,23);(H,6,7). The van der Waals surface area contributed by atoms with Crippen molar-refractivity contribution >= 4 is 17.8 Å². The van der Waals surface area contributed by atoms with Crippen molar-refractivity contribution in [1.82, 2.24) is 25.2 Å². The lowest BCUT2D eigenvalue weighted by atomic mass is 9.97. The van der Waals surface area contributed by atoms with Crippen LogP contribution < -0.4 is 5.32 Å². The van der Waals surface area contributed by atoms with Crippen molar-refractivity contribution < 1.29 is 42.3 Å². The van der Waals surface area contributed by atoms with Crippen molar-refractivity contribution in [3.8, 4) is 11.3 Å². The van der Waals surface area contributed by atoms with Crippen molar-refractivity contribution in [1.29, 1.82) is 0 Å². The zero-order valence-electron chi connectivity index (χ0n) is 17.0. The highest BCUT2D eigenvalue weighted by Gasteiger charge is 2.38. The summed E-state index contributed by atoms with van der Waals surface area (Å²) in [6.45, 7) is 1.77. The van der Waals surface area contributed by atoms with Gasteiger partial charge in [0, 0.05) is 38.9 Å². The molecular weight excluding hydrogens is 439 g/mol. The molecule has 0 aliphatic carbocycles. The van der Waals surface area contributed by atoms with Gasteiger partial charge in [0.2, 0.25) is 0 Å². The lowest BCUT2D eigenvalue weighted by Gasteiger charge is -2.32. The third-order valence-electron chi connectivity index (χ3n) is 4.48. The fourth-order valence-electron chi connectivity index (χ4n) is 3.02. The van der Waals surface area contributed by atoms with E-state index in [2.05, 4.69) is 15.6 Å². The van der Waals surface area contributed by atoms with Gasteiger partial charge in [-0.2, -0.15) is 18.3 Å². The number of carbonyl (C=O) groups excluding carboxylic acids is 1. The van der Waals surface area contributed by atoms with E-state index in [1.165, 1.54) is 0 Å². The summed E-state index contributed by atoms with van der Waals surface area (Å²) < 4.78 is 38.7. The molecule has 2 aromatic rings. The number of aliphatic carboxylic acids is 2. The first-order valence-corrected chi connectivity index (χ1v) is 9.45. The van der Waals surface area contributed by atoms with E-state index >= 15 is 0 Å². The lowest BCUT2D eigenvalue weighted by Crippen LogP contribution is -2.43. The molecule has 1 atom stereocenters. The maximum Gasteiger partial charge on any atom is 0.490 e. The molecule has 1 unspecified atom stereocenters. The minimum absolute atomic E-state index is 0.0673. The Morgan fingerprint density at radius 2 is 2.00 bits per heavy atom. The highest BCUT2D eigenvalue weighted by molar-refractivity contribution is 5.93. The third-order valence-corrected chi connectivity index (χ3v) is 4.48. The lowest BCUT2D eigenvalue weighted by molar-refractivity contribution is -0.192. The SMILES string of the molecule is Cn1cc(-c2cc(C(=O)N3CCCC(CNCC(=O)O)C3)no2)cn1.O=C(O)C(F)(F)F. The summed E-state index contributed by atoms with van der Waals surface area (Å²) in [5, 5.41) is 26.7. The van der Waals surface area contributed by atoms with Crippen molar-refractivity contribution in [3.63, 3.8) is 0 Å². The van der Waals surface area contributed by atoms with Crippen molar-refractivity contribution in [2.45, 2.75) is 19.0 Å². The van der Waals surface area contributed by atoms with Gasteiger partial charge in [0.25, 0.3) is 5.91 Å². The van der Waals surface area contributed by atoms with Gasteiger partial charge in [0.15, 0.2) is 11.5 Å². The van der Waals surface area contributed by atoms with Crippen LogP contribution in [0.4, 0.5) is 13.2 Å². The molecule has 1 amide bonds. The number of rotatable bonds is 6. The molecule has 3 heterocycles. The van der Waals surface area contributed by atoms with Crippen LogP contribution in [-0.4, -0.2) is 80.3 Å². The zero-order valence-corrected chi connectivity index (χ0v) is 17.0. The molecule has 1 aliphatic heterocycles. The second kappa shape index (κ2) is 10.7. The van der Waals surface area contributed by atoms with Gasteiger partial charge in [-0.25, -0.2) is 4.79 Å². The first kappa shape index (κ1) is 24.8. The van der Waals surface area contributed by atoms with Crippen LogP contribution in [0.1, 0.15) is 23.3 Å². The van der Waals surface area contributed by atoms with Crippen LogP contribution in [0.3, 0.4) is 0 Å². The molecule has 0 bridgehead atoms. The molecule has 0 radical (unpaired) electrons. The van der Waals surface area contributed by atoms with Crippen LogP contribution >= 0.6 is 0 Å². The Labute approximate surface area is 179 Å². The van der Waals surface area contributed by atoms with Crippen LogP contribution in [0.25, 0.3) is 11.3 Å². The predicted molar refractivity (Wildman–Crippen MR) is 102 cm³/mol. The highest BCUT2D eigenvalue weighted by atomic mass is 19.4. The molecule has 3 rings (SSSR count). The number of carboxylic acids is 2. The van der Waals surface area contributed by atoms with E-state index in [0.29, 0.717) is 25.4 Å². The van der Waals surface area contributed by atoms with Crippen LogP contribution in [0, 0.1) is 5.92 Å². The normalized spacial score (nSPS) is 16.2. The van der Waals surface area contributed by atoms with Gasteiger partial charge in [-0.15, -0.1) is 0 Å². The van der Waals surface area contributed by atoms with E-state index in [1.54, 1.807) is 35.1 Å². The van der Waals surface area contributed by atoms with Gasteiger partial charge in [-0.1, -0.05) is 5.16 Å². The van der Waals surface area contributed by atoms with Gasteiger partial charge >= 0.3 is 18.1 Å². The van der Waals surface area contributed by atoms with E-state index in [4.69, 9.17) is 19.5 Å². The summed E-state index contributed by atoms with van der Waals surface area (Å²) in [5.41, 5.74) is 1.04. The molecule has 1 saturated heterocycles. The van der Waals surface area contributed by atoms with Crippen LogP contribution in [-0.2, 0) is 16.6 Å². The number of alkyl halides is 3. The third kappa shape index (κ3) is 7.37. The number of hydrogen-bond acceptors (Lipinski definition) is 7. The first-order chi connectivity index (χ1) is 15.0. The number of aryl methyl sites for hydroxylation is 1. The summed E-state index contributed by atoms with van der Waals surface area (Å²) in [5.74, 6) is -3.06. The number of amides is 1. The monoisotopic (exact) mass is 461 g/mol. The van der Waals surface area contributed by atoms with Gasteiger partial charge < -0.3 is 25.0 Å². The Balaban J connectivity index is 0.000000451. The molecular formula is C18H22F3N5O6. The Hall–Kier alpha value is -3.42. The van der Waals surface area contributed by atoms with Crippen molar-refractivity contribution in [2.24, 2.45) is 13.0 Å². The molecule has 0 spiro atoms. The molecule has 0 saturated carbocycles. The Bertz CT molecular complexity index is 942. The topological polar surface area (TPSA) is 151 Å². The number of aromatic nitrogens is 3. The molecule has 2 aromatic heterocycles. The van der Waals surface area contributed by atoms with E-state index in [-0.39, 0.29) is 24.1 Å². The molecule has 14 heteroatoms.